The van der Waals surface area contributed by atoms with E-state index >= 15 is 0 Å². The summed E-state index contributed by atoms with van der Waals surface area (Å²) >= 11 is 0. The summed E-state index contributed by atoms with van der Waals surface area (Å²) in [4.78, 5) is 10.5. The Morgan fingerprint density at radius 2 is 1.80 bits per heavy atom. The third-order valence-corrected chi connectivity index (χ3v) is 3.24. The average molecular weight is 265 g/mol. The highest BCUT2D eigenvalue weighted by Gasteiger charge is 2.09. The van der Waals surface area contributed by atoms with Crippen LogP contribution in [0.25, 0.3) is 10.8 Å². The Kier molecular flexibility index (Phi) is 3.13. The van der Waals surface area contributed by atoms with Gasteiger partial charge in [0.05, 0.1) is 10.3 Å². The predicted molar refractivity (Wildman–Crippen MR) is 76.3 cm³/mol. The summed E-state index contributed by atoms with van der Waals surface area (Å²) in [5, 5.41) is 12.7. The summed E-state index contributed by atoms with van der Waals surface area (Å²) in [6.07, 6.45) is 3.93. The molecule has 20 heavy (non-hydrogen) atoms. The highest BCUT2D eigenvalue weighted by Crippen LogP contribution is 2.19. The largest absolute Gasteiger partial charge is 0.270 e. The van der Waals surface area contributed by atoms with Crippen LogP contribution in [0.2, 0.25) is 0 Å². The molecule has 0 radical (unpaired) electrons. The van der Waals surface area contributed by atoms with Crippen molar-refractivity contribution in [2.45, 2.75) is 6.54 Å². The zero-order valence-corrected chi connectivity index (χ0v) is 10.8. The van der Waals surface area contributed by atoms with Crippen LogP contribution in [0, 0.1) is 10.1 Å². The van der Waals surface area contributed by atoms with E-state index in [0.29, 0.717) is 0 Å². The Morgan fingerprint density at radius 3 is 2.55 bits per heavy atom. The van der Waals surface area contributed by atoms with Gasteiger partial charge in [0, 0.05) is 23.8 Å². The monoisotopic (exact) mass is 265 g/mol. The normalized spacial score (nSPS) is 10.6. The predicted octanol–water partition coefficient (Wildman–Crippen LogP) is 3.08. The van der Waals surface area contributed by atoms with Gasteiger partial charge in [0.1, 0.15) is 0 Å². The SMILES string of the molecule is O=[N+]([O-])c1ccc2cc[n+](Cc3ccccc3)cc2c1. The van der Waals surface area contributed by atoms with Crippen LogP contribution < -0.4 is 4.57 Å². The van der Waals surface area contributed by atoms with Crippen molar-refractivity contribution in [3.8, 4) is 0 Å². The number of nitro groups is 1. The lowest BCUT2D eigenvalue weighted by atomic mass is 10.1. The fourth-order valence-electron chi connectivity index (χ4n) is 2.23. The maximum Gasteiger partial charge on any atom is 0.270 e. The van der Waals surface area contributed by atoms with Crippen molar-refractivity contribution in [1.82, 2.24) is 0 Å². The molecule has 0 saturated carbocycles. The van der Waals surface area contributed by atoms with Crippen molar-refractivity contribution < 1.29 is 9.49 Å². The summed E-state index contributed by atoms with van der Waals surface area (Å²) in [6.45, 7) is 0.749. The molecule has 2 aromatic carbocycles. The first kappa shape index (κ1) is 12.3. The molecule has 3 rings (SSSR count). The molecule has 0 aliphatic carbocycles. The summed E-state index contributed by atoms with van der Waals surface area (Å²) in [7, 11) is 0. The molecule has 0 atom stereocenters. The number of non-ortho nitro benzene ring substituents is 1. The lowest BCUT2D eigenvalue weighted by molar-refractivity contribution is -0.687. The molecule has 1 aromatic heterocycles. The van der Waals surface area contributed by atoms with Crippen molar-refractivity contribution in [2.75, 3.05) is 0 Å². The summed E-state index contributed by atoms with van der Waals surface area (Å²) in [6, 6.07) is 17.0. The topological polar surface area (TPSA) is 47.0 Å². The molecule has 0 aliphatic rings. The van der Waals surface area contributed by atoms with E-state index in [1.165, 1.54) is 11.6 Å². The van der Waals surface area contributed by atoms with Crippen LogP contribution >= 0.6 is 0 Å². The van der Waals surface area contributed by atoms with Gasteiger partial charge >= 0.3 is 0 Å². The molecule has 0 amide bonds. The second-order valence-electron chi connectivity index (χ2n) is 4.67. The smallest absolute Gasteiger partial charge is 0.258 e. The van der Waals surface area contributed by atoms with Crippen molar-refractivity contribution in [3.05, 3.63) is 82.7 Å². The zero-order chi connectivity index (χ0) is 13.9. The van der Waals surface area contributed by atoms with Crippen molar-refractivity contribution in [2.24, 2.45) is 0 Å². The first-order valence-electron chi connectivity index (χ1n) is 6.33. The Balaban J connectivity index is 1.99. The lowest BCUT2D eigenvalue weighted by Gasteiger charge is -2.00. The van der Waals surface area contributed by atoms with E-state index < -0.39 is 0 Å². The Morgan fingerprint density at radius 1 is 1.00 bits per heavy atom. The van der Waals surface area contributed by atoms with E-state index in [1.807, 2.05) is 41.2 Å². The van der Waals surface area contributed by atoms with E-state index in [-0.39, 0.29) is 10.6 Å². The quantitative estimate of drug-likeness (QED) is 0.415. The number of nitro benzene ring substituents is 1. The van der Waals surface area contributed by atoms with Crippen molar-refractivity contribution in [3.63, 3.8) is 0 Å². The van der Waals surface area contributed by atoms with Gasteiger partial charge in [-0.15, -0.1) is 0 Å². The third-order valence-electron chi connectivity index (χ3n) is 3.24. The van der Waals surface area contributed by atoms with Crippen LogP contribution in [0.1, 0.15) is 5.56 Å². The minimum absolute atomic E-state index is 0.120. The Labute approximate surface area is 116 Å². The summed E-state index contributed by atoms with van der Waals surface area (Å²) < 4.78 is 2.03. The van der Waals surface area contributed by atoms with Gasteiger partial charge in [-0.25, -0.2) is 4.57 Å². The van der Waals surface area contributed by atoms with Crippen LogP contribution in [0.15, 0.2) is 67.0 Å². The number of nitrogens with zero attached hydrogens (tertiary/aromatic N) is 2. The second kappa shape index (κ2) is 5.09. The van der Waals surface area contributed by atoms with Gasteiger partial charge < -0.3 is 0 Å². The zero-order valence-electron chi connectivity index (χ0n) is 10.8. The highest BCUT2D eigenvalue weighted by molar-refractivity contribution is 5.82. The van der Waals surface area contributed by atoms with Crippen LogP contribution in [0.3, 0.4) is 0 Å². The number of hydrogen-bond acceptors (Lipinski definition) is 2. The molecule has 4 nitrogen and oxygen atoms in total. The lowest BCUT2D eigenvalue weighted by Crippen LogP contribution is -2.33. The van der Waals surface area contributed by atoms with Crippen LogP contribution in [0.5, 0.6) is 0 Å². The summed E-state index contributed by atoms with van der Waals surface area (Å²) in [5.41, 5.74) is 1.32. The van der Waals surface area contributed by atoms with E-state index in [9.17, 15) is 10.1 Å². The van der Waals surface area contributed by atoms with Gasteiger partial charge in [-0.2, -0.15) is 0 Å². The van der Waals surface area contributed by atoms with Crippen molar-refractivity contribution >= 4 is 16.5 Å². The number of pyridine rings is 1. The minimum Gasteiger partial charge on any atom is -0.258 e. The fourth-order valence-corrected chi connectivity index (χ4v) is 2.23. The number of fused-ring (bicyclic) bond motifs is 1. The molecule has 0 N–H and O–H groups in total. The molecule has 0 aliphatic heterocycles. The molecule has 0 unspecified atom stereocenters. The number of benzene rings is 2. The molecule has 98 valence electrons. The van der Waals surface area contributed by atoms with E-state index in [2.05, 4.69) is 12.1 Å². The first-order valence-corrected chi connectivity index (χ1v) is 6.33. The van der Waals surface area contributed by atoms with E-state index in [4.69, 9.17) is 0 Å². The van der Waals surface area contributed by atoms with Gasteiger partial charge in [0.25, 0.3) is 5.69 Å². The maximum atomic E-state index is 10.8. The third kappa shape index (κ3) is 2.49. The molecular weight excluding hydrogens is 252 g/mol. The van der Waals surface area contributed by atoms with E-state index in [0.717, 1.165) is 17.3 Å². The number of rotatable bonds is 3. The van der Waals surface area contributed by atoms with Crippen LogP contribution in [0.4, 0.5) is 5.69 Å². The van der Waals surface area contributed by atoms with E-state index in [1.54, 1.807) is 12.1 Å². The number of aromatic nitrogens is 1. The molecule has 0 fully saturated rings. The van der Waals surface area contributed by atoms with Crippen LogP contribution in [-0.2, 0) is 6.54 Å². The Hall–Kier alpha value is -2.75. The molecule has 3 aromatic rings. The van der Waals surface area contributed by atoms with Gasteiger partial charge in [0.2, 0.25) is 0 Å². The molecule has 1 heterocycles. The van der Waals surface area contributed by atoms with Crippen LogP contribution in [-0.4, -0.2) is 4.92 Å². The minimum atomic E-state index is -0.367. The van der Waals surface area contributed by atoms with Crippen molar-refractivity contribution in [1.29, 1.82) is 0 Å². The molecule has 4 heteroatoms. The fraction of sp³-hybridized carbons (Fsp3) is 0.0625. The highest BCUT2D eigenvalue weighted by atomic mass is 16.6. The summed E-state index contributed by atoms with van der Waals surface area (Å²) in [5.74, 6) is 0. The molecule has 0 bridgehead atoms. The maximum absolute atomic E-state index is 10.8. The molecule has 0 saturated heterocycles. The van der Waals surface area contributed by atoms with Gasteiger partial charge in [-0.1, -0.05) is 30.3 Å². The molecular formula is C16H13N2O2+. The average Bonchev–Trinajstić information content (AvgIpc) is 2.47. The Bertz CT molecular complexity index is 770. The van der Waals surface area contributed by atoms with Gasteiger partial charge in [0.15, 0.2) is 18.9 Å². The molecule has 0 spiro atoms. The first-order chi connectivity index (χ1) is 9.72. The standard InChI is InChI=1S/C16H13N2O2/c19-18(20)16-7-6-14-8-9-17(12-15(14)10-16)11-13-4-2-1-3-5-13/h1-10,12H,11H2/q+1. The second-order valence-corrected chi connectivity index (χ2v) is 4.67. The van der Waals surface area contributed by atoms with Gasteiger partial charge in [-0.3, -0.25) is 10.1 Å². The van der Waals surface area contributed by atoms with Gasteiger partial charge in [-0.05, 0) is 11.5 Å². The number of hydrogen-bond donors (Lipinski definition) is 0.